The molecule has 2 rings (SSSR count). The van der Waals surface area contributed by atoms with E-state index >= 15 is 0 Å². The Morgan fingerprint density at radius 1 is 1.53 bits per heavy atom. The van der Waals surface area contributed by atoms with Crippen LogP contribution in [0.4, 0.5) is 0 Å². The Labute approximate surface area is 101 Å². The van der Waals surface area contributed by atoms with E-state index in [-0.39, 0.29) is 12.1 Å². The number of aliphatic imine (C=N–C) groups is 1. The highest BCUT2D eigenvalue weighted by molar-refractivity contribution is 5.95. The number of methoxy groups -OCH3 is 1. The molecule has 0 aromatic carbocycles. The second-order valence-electron chi connectivity index (χ2n) is 3.80. The van der Waals surface area contributed by atoms with Crippen molar-refractivity contribution >= 4 is 12.2 Å². The lowest BCUT2D eigenvalue weighted by atomic mass is 10.2. The maximum absolute atomic E-state index is 10.6. The number of ether oxygens (including phenoxy) is 2. The van der Waals surface area contributed by atoms with Gasteiger partial charge in [0.05, 0.1) is 0 Å². The van der Waals surface area contributed by atoms with Gasteiger partial charge in [-0.05, 0) is 19.1 Å². The zero-order valence-electron chi connectivity index (χ0n) is 10.6. The van der Waals surface area contributed by atoms with Gasteiger partial charge in [-0.2, -0.15) is 0 Å². The van der Waals surface area contributed by atoms with Crippen molar-refractivity contribution in [3.63, 3.8) is 0 Å². The number of aldehydes is 1. The lowest BCUT2D eigenvalue weighted by Crippen LogP contribution is -2.19. The Morgan fingerprint density at radius 2 is 2.18 bits per heavy atom. The molecule has 2 heterocycles. The first-order chi connectivity index (χ1) is 8.13. The Morgan fingerprint density at radius 3 is 2.59 bits per heavy atom. The van der Waals surface area contributed by atoms with Crippen LogP contribution >= 0.6 is 0 Å². The van der Waals surface area contributed by atoms with Crippen LogP contribution in [0.2, 0.25) is 0 Å². The summed E-state index contributed by atoms with van der Waals surface area (Å²) < 4.78 is 11.7. The highest BCUT2D eigenvalue weighted by Crippen LogP contribution is 2.16. The molecule has 0 radical (unpaired) electrons. The second-order valence-corrected chi connectivity index (χ2v) is 3.80. The molecule has 1 aromatic rings. The van der Waals surface area contributed by atoms with Gasteiger partial charge in [-0.3, -0.25) is 0 Å². The predicted octanol–water partition coefficient (Wildman–Crippen LogP) is 1.02. The number of nitrogens with zero attached hydrogens (tertiary/aromatic N) is 2. The minimum atomic E-state index is -0.361. The molecule has 17 heavy (non-hydrogen) atoms. The zero-order valence-corrected chi connectivity index (χ0v) is 10.6. The van der Waals surface area contributed by atoms with Crippen molar-refractivity contribution in [2.45, 2.75) is 19.1 Å². The number of aryl methyl sites for hydroxylation is 1. The van der Waals surface area contributed by atoms with Gasteiger partial charge in [0.2, 0.25) is 5.90 Å². The minimum absolute atomic E-state index is 0.155. The van der Waals surface area contributed by atoms with Crippen molar-refractivity contribution < 1.29 is 14.3 Å². The van der Waals surface area contributed by atoms with E-state index in [1.807, 2.05) is 36.9 Å². The SMILES string of the molecule is CC1OC(c2cccn2C)=NC1C=O.COC. The molecule has 0 N–H and O–H groups in total. The van der Waals surface area contributed by atoms with Crippen LogP contribution in [0, 0.1) is 0 Å². The van der Waals surface area contributed by atoms with Crippen LogP contribution in [-0.4, -0.2) is 43.1 Å². The van der Waals surface area contributed by atoms with Gasteiger partial charge in [0.15, 0.2) is 0 Å². The summed E-state index contributed by atoms with van der Waals surface area (Å²) in [5.74, 6) is 0.558. The molecular weight excluding hydrogens is 220 g/mol. The van der Waals surface area contributed by atoms with Crippen LogP contribution < -0.4 is 0 Å². The third-order valence-corrected chi connectivity index (χ3v) is 2.35. The molecule has 5 nitrogen and oxygen atoms in total. The monoisotopic (exact) mass is 238 g/mol. The van der Waals surface area contributed by atoms with Gasteiger partial charge in [0.1, 0.15) is 24.1 Å². The molecule has 0 spiro atoms. The van der Waals surface area contributed by atoms with Crippen molar-refractivity contribution in [1.82, 2.24) is 4.57 Å². The van der Waals surface area contributed by atoms with E-state index in [2.05, 4.69) is 9.73 Å². The summed E-state index contributed by atoms with van der Waals surface area (Å²) in [5, 5.41) is 0. The molecule has 2 atom stereocenters. The maximum atomic E-state index is 10.6. The summed E-state index contributed by atoms with van der Waals surface area (Å²) in [7, 11) is 5.17. The van der Waals surface area contributed by atoms with Crippen LogP contribution in [-0.2, 0) is 21.3 Å². The lowest BCUT2D eigenvalue weighted by molar-refractivity contribution is -0.109. The molecular formula is C12H18N2O3. The minimum Gasteiger partial charge on any atom is -0.471 e. The zero-order chi connectivity index (χ0) is 12.8. The summed E-state index contributed by atoms with van der Waals surface area (Å²) in [6.45, 7) is 1.85. The molecule has 1 aliphatic rings. The van der Waals surface area contributed by atoms with Gasteiger partial charge in [0.25, 0.3) is 0 Å². The van der Waals surface area contributed by atoms with Crippen molar-refractivity contribution in [1.29, 1.82) is 0 Å². The normalized spacial score (nSPS) is 22.2. The quantitative estimate of drug-likeness (QED) is 0.723. The van der Waals surface area contributed by atoms with Crippen molar-refractivity contribution in [2.75, 3.05) is 14.2 Å². The van der Waals surface area contributed by atoms with Gasteiger partial charge in [0, 0.05) is 27.5 Å². The number of hydrogen-bond acceptors (Lipinski definition) is 4. The molecule has 0 saturated heterocycles. The second kappa shape index (κ2) is 6.20. The number of carbonyl (C=O) groups excluding carboxylic acids is 1. The first-order valence-electron chi connectivity index (χ1n) is 5.35. The van der Waals surface area contributed by atoms with Gasteiger partial charge < -0.3 is 18.8 Å². The number of hydrogen-bond donors (Lipinski definition) is 0. The van der Waals surface area contributed by atoms with Crippen molar-refractivity contribution in [3.8, 4) is 0 Å². The van der Waals surface area contributed by atoms with Crippen LogP contribution in [0.25, 0.3) is 0 Å². The van der Waals surface area contributed by atoms with E-state index in [1.54, 1.807) is 14.2 Å². The van der Waals surface area contributed by atoms with Gasteiger partial charge in [-0.1, -0.05) is 0 Å². The third-order valence-electron chi connectivity index (χ3n) is 2.35. The Kier molecular flexibility index (Phi) is 4.90. The van der Waals surface area contributed by atoms with Crippen LogP contribution in [0.1, 0.15) is 12.6 Å². The van der Waals surface area contributed by atoms with E-state index < -0.39 is 0 Å². The van der Waals surface area contributed by atoms with Crippen LogP contribution in [0.15, 0.2) is 23.3 Å². The van der Waals surface area contributed by atoms with Crippen molar-refractivity contribution in [3.05, 3.63) is 24.0 Å². The smallest absolute Gasteiger partial charge is 0.234 e. The molecule has 1 aliphatic heterocycles. The molecule has 5 heteroatoms. The molecule has 0 aliphatic carbocycles. The molecule has 0 saturated carbocycles. The standard InChI is InChI=1S/C10H12N2O2.C2H6O/c1-7-8(6-13)11-10(14-7)9-4-3-5-12(9)2;1-3-2/h3-8H,1-2H3;1-2H3. The average molecular weight is 238 g/mol. The predicted molar refractivity (Wildman–Crippen MR) is 65.3 cm³/mol. The van der Waals surface area contributed by atoms with Crippen LogP contribution in [0.3, 0.4) is 0 Å². The Balaban J connectivity index is 0.000000437. The van der Waals surface area contributed by atoms with Crippen molar-refractivity contribution in [2.24, 2.45) is 12.0 Å². The highest BCUT2D eigenvalue weighted by atomic mass is 16.5. The fourth-order valence-electron chi connectivity index (χ4n) is 1.47. The molecule has 0 amide bonds. The van der Waals surface area contributed by atoms with E-state index in [0.717, 1.165) is 12.0 Å². The molecule has 0 bridgehead atoms. The summed E-state index contributed by atoms with van der Waals surface area (Å²) in [5.41, 5.74) is 0.904. The number of carbonyl (C=O) groups is 1. The largest absolute Gasteiger partial charge is 0.471 e. The third kappa shape index (κ3) is 3.17. The summed E-state index contributed by atoms with van der Waals surface area (Å²) in [6.07, 6.45) is 2.58. The number of aromatic nitrogens is 1. The first kappa shape index (κ1) is 13.4. The Hall–Kier alpha value is -1.62. The Bertz CT molecular complexity index is 398. The molecule has 2 unspecified atom stereocenters. The fraction of sp³-hybridized carbons (Fsp3) is 0.500. The highest BCUT2D eigenvalue weighted by Gasteiger charge is 2.28. The number of rotatable bonds is 2. The van der Waals surface area contributed by atoms with E-state index in [9.17, 15) is 4.79 Å². The van der Waals surface area contributed by atoms with E-state index in [1.165, 1.54) is 0 Å². The van der Waals surface area contributed by atoms with Gasteiger partial charge in [-0.15, -0.1) is 0 Å². The molecule has 94 valence electrons. The lowest BCUT2D eigenvalue weighted by Gasteiger charge is -2.07. The van der Waals surface area contributed by atoms with Gasteiger partial charge >= 0.3 is 0 Å². The summed E-state index contributed by atoms with van der Waals surface area (Å²) >= 11 is 0. The average Bonchev–Trinajstić information content (AvgIpc) is 2.85. The first-order valence-corrected chi connectivity index (χ1v) is 5.35. The topological polar surface area (TPSA) is 52.8 Å². The fourth-order valence-corrected chi connectivity index (χ4v) is 1.47. The summed E-state index contributed by atoms with van der Waals surface area (Å²) in [6, 6.07) is 3.47. The molecule has 1 aromatic heterocycles. The van der Waals surface area contributed by atoms with E-state index in [0.29, 0.717) is 5.90 Å². The van der Waals surface area contributed by atoms with E-state index in [4.69, 9.17) is 4.74 Å². The molecule has 0 fully saturated rings. The van der Waals surface area contributed by atoms with Gasteiger partial charge in [-0.25, -0.2) is 4.99 Å². The maximum Gasteiger partial charge on any atom is 0.234 e. The summed E-state index contributed by atoms with van der Waals surface area (Å²) in [4.78, 5) is 14.8. The van der Waals surface area contributed by atoms with Crippen LogP contribution in [0.5, 0.6) is 0 Å².